The van der Waals surface area contributed by atoms with Gasteiger partial charge in [-0.1, -0.05) is 19.1 Å². The third kappa shape index (κ3) is 4.37. The van der Waals surface area contributed by atoms with E-state index in [0.29, 0.717) is 23.5 Å². The molecule has 0 spiro atoms. The number of sulfone groups is 1. The van der Waals surface area contributed by atoms with E-state index in [0.717, 1.165) is 37.4 Å². The van der Waals surface area contributed by atoms with E-state index < -0.39 is 15.7 Å². The molecule has 1 atom stereocenters. The Hall–Kier alpha value is -3.20. The van der Waals surface area contributed by atoms with Crippen molar-refractivity contribution in [2.75, 3.05) is 30.5 Å². The molecule has 0 bridgehead atoms. The second-order valence-corrected chi connectivity index (χ2v) is 10.2. The zero-order chi connectivity index (χ0) is 23.0. The largest absolute Gasteiger partial charge is 0.490 e. The molecule has 1 saturated heterocycles. The van der Waals surface area contributed by atoms with Gasteiger partial charge in [0, 0.05) is 31.4 Å². The monoisotopic (exact) mass is 469 g/mol. The van der Waals surface area contributed by atoms with Crippen LogP contribution >= 0.6 is 0 Å². The highest BCUT2D eigenvalue weighted by Gasteiger charge is 2.28. The topological polar surface area (TPSA) is 81.6 Å². The van der Waals surface area contributed by atoms with E-state index >= 15 is 0 Å². The minimum absolute atomic E-state index is 0.170. The van der Waals surface area contributed by atoms with Gasteiger partial charge in [0.15, 0.2) is 17.5 Å². The van der Waals surface area contributed by atoms with E-state index in [4.69, 9.17) is 9.47 Å². The number of hydrogen-bond acceptors (Lipinski definition) is 7. The minimum Gasteiger partial charge on any atom is -0.490 e. The van der Waals surface area contributed by atoms with E-state index in [1.807, 2.05) is 12.4 Å². The molecule has 172 valence electrons. The number of fused-ring (bicyclic) bond motifs is 1. The number of anilines is 1. The van der Waals surface area contributed by atoms with Crippen LogP contribution in [0, 0.1) is 11.7 Å². The van der Waals surface area contributed by atoms with Crippen molar-refractivity contribution in [1.29, 1.82) is 0 Å². The van der Waals surface area contributed by atoms with Gasteiger partial charge in [0.25, 0.3) is 0 Å². The van der Waals surface area contributed by atoms with Crippen LogP contribution in [0.25, 0.3) is 11.1 Å². The first-order chi connectivity index (χ1) is 15.9. The molecular formula is C24H24FN3O4S. The third-order valence-electron chi connectivity index (χ3n) is 6.06. The van der Waals surface area contributed by atoms with Crippen LogP contribution < -0.4 is 14.4 Å². The van der Waals surface area contributed by atoms with Gasteiger partial charge in [-0.05, 0) is 53.8 Å². The number of hydrogen-bond donors (Lipinski definition) is 0. The van der Waals surface area contributed by atoms with Gasteiger partial charge in [-0.2, -0.15) is 0 Å². The highest BCUT2D eigenvalue weighted by molar-refractivity contribution is 7.91. The van der Waals surface area contributed by atoms with Gasteiger partial charge in [0.1, 0.15) is 10.6 Å². The highest BCUT2D eigenvalue weighted by atomic mass is 32.2. The summed E-state index contributed by atoms with van der Waals surface area (Å²) in [5.74, 6) is 0.649. The maximum atomic E-state index is 14.7. The smallest absolute Gasteiger partial charge is 0.225 e. The van der Waals surface area contributed by atoms with E-state index in [-0.39, 0.29) is 22.5 Å². The molecule has 3 heterocycles. The summed E-state index contributed by atoms with van der Waals surface area (Å²) in [5, 5.41) is 0. The second-order valence-electron chi connectivity index (χ2n) is 8.34. The number of ether oxygens (including phenoxy) is 2. The van der Waals surface area contributed by atoms with Gasteiger partial charge in [-0.15, -0.1) is 0 Å². The zero-order valence-electron chi connectivity index (χ0n) is 18.2. The summed E-state index contributed by atoms with van der Waals surface area (Å²) in [4.78, 5) is 11.2. The van der Waals surface area contributed by atoms with Crippen LogP contribution in [0.3, 0.4) is 0 Å². The molecule has 1 aromatic heterocycles. The van der Waals surface area contributed by atoms with Gasteiger partial charge in [0.05, 0.1) is 6.61 Å². The second kappa shape index (κ2) is 8.62. The Morgan fingerprint density at radius 2 is 1.91 bits per heavy atom. The summed E-state index contributed by atoms with van der Waals surface area (Å²) in [5.41, 5.74) is 2.40. The molecule has 3 aromatic rings. The van der Waals surface area contributed by atoms with Crippen LogP contribution in [0.4, 0.5) is 10.3 Å². The van der Waals surface area contributed by atoms with Gasteiger partial charge in [-0.25, -0.2) is 22.8 Å². The SMILES string of the molecule is CCc1cnc(N2CC[C@H](COc3ccc(-c4ccc5c(c4)OCS5(=O)=O)cc3F)C2)nc1. The predicted molar refractivity (Wildman–Crippen MR) is 122 cm³/mol. The number of aryl methyl sites for hydroxylation is 1. The number of benzene rings is 2. The quantitative estimate of drug-likeness (QED) is 0.542. The van der Waals surface area contributed by atoms with Gasteiger partial charge in [0.2, 0.25) is 15.8 Å². The molecule has 0 radical (unpaired) electrons. The average molecular weight is 470 g/mol. The maximum Gasteiger partial charge on any atom is 0.225 e. The van der Waals surface area contributed by atoms with Crippen molar-refractivity contribution in [3.63, 3.8) is 0 Å². The lowest BCUT2D eigenvalue weighted by Crippen LogP contribution is -2.23. The molecule has 5 rings (SSSR count). The average Bonchev–Trinajstić information content (AvgIpc) is 3.42. The van der Waals surface area contributed by atoms with Crippen LogP contribution in [0.15, 0.2) is 53.7 Å². The Kier molecular flexibility index (Phi) is 5.65. The van der Waals surface area contributed by atoms with E-state index in [9.17, 15) is 12.8 Å². The Morgan fingerprint density at radius 1 is 1.15 bits per heavy atom. The summed E-state index contributed by atoms with van der Waals surface area (Å²) < 4.78 is 49.6. The summed E-state index contributed by atoms with van der Waals surface area (Å²) in [6.07, 6.45) is 5.55. The molecule has 7 nitrogen and oxygen atoms in total. The van der Waals surface area contributed by atoms with Crippen molar-refractivity contribution in [1.82, 2.24) is 9.97 Å². The molecule has 0 amide bonds. The lowest BCUT2D eigenvalue weighted by atomic mass is 10.0. The standard InChI is InChI=1S/C24H24FN3O4S/c1-2-16-11-26-24(27-12-16)28-8-7-17(13-28)14-31-21-5-3-18(9-20(21)25)19-4-6-23-22(10-19)32-15-33(23,29)30/h3-6,9-12,17H,2,7-8,13-15H2,1H3/t17-/m0/s1. The first-order valence-corrected chi connectivity index (χ1v) is 12.6. The molecule has 2 aliphatic rings. The molecular weight excluding hydrogens is 445 g/mol. The minimum atomic E-state index is -3.39. The Bertz CT molecular complexity index is 1280. The van der Waals surface area contributed by atoms with Gasteiger partial charge in [-0.3, -0.25) is 0 Å². The number of rotatable bonds is 6. The van der Waals surface area contributed by atoms with Crippen molar-refractivity contribution in [3.05, 3.63) is 60.2 Å². The zero-order valence-corrected chi connectivity index (χ0v) is 19.0. The molecule has 0 unspecified atom stereocenters. The molecule has 1 fully saturated rings. The fourth-order valence-corrected chi connectivity index (χ4v) is 5.22. The predicted octanol–water partition coefficient (Wildman–Crippen LogP) is 3.87. The van der Waals surface area contributed by atoms with Crippen LogP contribution in [0.1, 0.15) is 18.9 Å². The molecule has 2 aliphatic heterocycles. The summed E-state index contributed by atoms with van der Waals surface area (Å²) in [6.45, 7) is 4.09. The van der Waals surface area contributed by atoms with Crippen LogP contribution in [-0.4, -0.2) is 44.0 Å². The Labute approximate surface area is 192 Å². The summed E-state index contributed by atoms with van der Waals surface area (Å²) in [6, 6.07) is 9.54. The fourth-order valence-electron chi connectivity index (χ4n) is 4.11. The number of nitrogens with zero attached hydrogens (tertiary/aromatic N) is 3. The van der Waals surface area contributed by atoms with E-state index in [2.05, 4.69) is 21.8 Å². The Morgan fingerprint density at radius 3 is 2.67 bits per heavy atom. The number of halogens is 1. The lowest BCUT2D eigenvalue weighted by molar-refractivity contribution is 0.250. The number of aromatic nitrogens is 2. The van der Waals surface area contributed by atoms with Crippen LogP contribution in [0.5, 0.6) is 11.5 Å². The molecule has 0 N–H and O–H groups in total. The molecule has 33 heavy (non-hydrogen) atoms. The molecule has 0 saturated carbocycles. The molecule has 9 heteroatoms. The summed E-state index contributed by atoms with van der Waals surface area (Å²) >= 11 is 0. The maximum absolute atomic E-state index is 14.7. The molecule has 2 aromatic carbocycles. The normalized spacial score (nSPS) is 18.7. The first-order valence-electron chi connectivity index (χ1n) is 10.9. The van der Waals surface area contributed by atoms with Crippen LogP contribution in [0.2, 0.25) is 0 Å². The van der Waals surface area contributed by atoms with Crippen LogP contribution in [-0.2, 0) is 16.3 Å². The fraction of sp³-hybridized carbons (Fsp3) is 0.333. The lowest BCUT2D eigenvalue weighted by Gasteiger charge is -2.17. The van der Waals surface area contributed by atoms with Crippen molar-refractivity contribution in [3.8, 4) is 22.6 Å². The first kappa shape index (κ1) is 21.6. The van der Waals surface area contributed by atoms with Gasteiger partial charge < -0.3 is 14.4 Å². The van der Waals surface area contributed by atoms with Crippen molar-refractivity contribution in [2.24, 2.45) is 5.92 Å². The van der Waals surface area contributed by atoms with Crippen molar-refractivity contribution in [2.45, 2.75) is 24.7 Å². The van der Waals surface area contributed by atoms with Crippen molar-refractivity contribution < 1.29 is 22.3 Å². The van der Waals surface area contributed by atoms with Crippen molar-refractivity contribution >= 4 is 15.8 Å². The Balaban J connectivity index is 1.22. The third-order valence-corrected chi connectivity index (χ3v) is 7.49. The molecule has 0 aliphatic carbocycles. The van der Waals surface area contributed by atoms with E-state index in [1.54, 1.807) is 24.3 Å². The van der Waals surface area contributed by atoms with E-state index in [1.165, 1.54) is 12.1 Å². The van der Waals surface area contributed by atoms with Gasteiger partial charge >= 0.3 is 0 Å². The summed E-state index contributed by atoms with van der Waals surface area (Å²) in [7, 11) is -3.39. The highest BCUT2D eigenvalue weighted by Crippen LogP contribution is 2.36.